The molecule has 5 heteroatoms. The third-order valence-corrected chi connectivity index (χ3v) is 4.61. The maximum Gasteiger partial charge on any atom is 0.192 e. The molecule has 0 amide bonds. The molecule has 1 heterocycles. The van der Waals surface area contributed by atoms with Gasteiger partial charge in [-0.2, -0.15) is 0 Å². The van der Waals surface area contributed by atoms with Gasteiger partial charge in [0.2, 0.25) is 0 Å². The highest BCUT2D eigenvalue weighted by molar-refractivity contribution is 5.82. The Morgan fingerprint density at radius 1 is 1.11 bits per heavy atom. The minimum Gasteiger partial charge on any atom is -0.624 e. The van der Waals surface area contributed by atoms with Crippen molar-refractivity contribution in [3.8, 4) is 0 Å². The number of hydrogen-bond acceptors (Lipinski definition) is 4. The van der Waals surface area contributed by atoms with E-state index in [4.69, 9.17) is 14.2 Å². The fraction of sp³-hybridized carbons (Fsp3) is 0.409. The molecule has 0 aliphatic carbocycles. The SMILES string of the molecule is C/C([C@H](OCc1ccccc1)[C@@H]1COC(C)(C)O1)=[N+](/[O-])Cc1ccccc1. The highest BCUT2D eigenvalue weighted by atomic mass is 16.7. The second kappa shape index (κ2) is 8.65. The first-order valence-corrected chi connectivity index (χ1v) is 9.24. The number of benzene rings is 2. The molecule has 1 fully saturated rings. The molecule has 0 radical (unpaired) electrons. The largest absolute Gasteiger partial charge is 0.624 e. The zero-order chi connectivity index (χ0) is 19.3. The van der Waals surface area contributed by atoms with Crippen LogP contribution in [0.1, 0.15) is 31.9 Å². The lowest BCUT2D eigenvalue weighted by atomic mass is 10.1. The number of ether oxygens (including phenoxy) is 3. The van der Waals surface area contributed by atoms with Gasteiger partial charge in [0.05, 0.1) is 13.2 Å². The van der Waals surface area contributed by atoms with Gasteiger partial charge in [-0.3, -0.25) is 0 Å². The smallest absolute Gasteiger partial charge is 0.192 e. The lowest BCUT2D eigenvalue weighted by Gasteiger charge is -2.24. The molecule has 2 aromatic rings. The van der Waals surface area contributed by atoms with Crippen LogP contribution in [0.15, 0.2) is 60.7 Å². The van der Waals surface area contributed by atoms with Crippen molar-refractivity contribution in [2.45, 2.75) is 51.9 Å². The first-order valence-electron chi connectivity index (χ1n) is 9.24. The topological polar surface area (TPSA) is 53.8 Å². The van der Waals surface area contributed by atoms with Crippen molar-refractivity contribution in [2.75, 3.05) is 6.61 Å². The molecule has 1 aliphatic rings. The number of rotatable bonds is 7. The van der Waals surface area contributed by atoms with E-state index in [1.54, 1.807) is 6.92 Å². The van der Waals surface area contributed by atoms with Gasteiger partial charge in [-0.05, 0) is 19.4 Å². The molecule has 0 aromatic heterocycles. The van der Waals surface area contributed by atoms with E-state index < -0.39 is 11.9 Å². The predicted molar refractivity (Wildman–Crippen MR) is 104 cm³/mol. The maximum atomic E-state index is 12.8. The molecule has 0 spiro atoms. The summed E-state index contributed by atoms with van der Waals surface area (Å²) in [5.74, 6) is -0.674. The molecule has 0 bridgehead atoms. The van der Waals surface area contributed by atoms with Crippen molar-refractivity contribution < 1.29 is 18.9 Å². The molecule has 144 valence electrons. The van der Waals surface area contributed by atoms with Crippen LogP contribution in [-0.4, -0.2) is 35.1 Å². The van der Waals surface area contributed by atoms with Gasteiger partial charge in [0.25, 0.3) is 0 Å². The second-order valence-electron chi connectivity index (χ2n) is 7.25. The average Bonchev–Trinajstić information content (AvgIpc) is 3.03. The quantitative estimate of drug-likeness (QED) is 0.321. The molecule has 0 saturated carbocycles. The Balaban J connectivity index is 1.78. The molecule has 1 saturated heterocycles. The van der Waals surface area contributed by atoms with Crippen molar-refractivity contribution in [3.63, 3.8) is 0 Å². The van der Waals surface area contributed by atoms with Crippen molar-refractivity contribution in [1.29, 1.82) is 0 Å². The average molecular weight is 369 g/mol. The third-order valence-electron chi connectivity index (χ3n) is 4.61. The molecule has 27 heavy (non-hydrogen) atoms. The van der Waals surface area contributed by atoms with Crippen LogP contribution in [0.4, 0.5) is 0 Å². The molecule has 1 aliphatic heterocycles. The van der Waals surface area contributed by atoms with Gasteiger partial charge in [0.15, 0.2) is 24.1 Å². The van der Waals surface area contributed by atoms with E-state index in [2.05, 4.69) is 0 Å². The monoisotopic (exact) mass is 369 g/mol. The number of nitrogens with zero attached hydrogens (tertiary/aromatic N) is 1. The summed E-state index contributed by atoms with van der Waals surface area (Å²) in [6.07, 6.45) is -0.802. The fourth-order valence-electron chi connectivity index (χ4n) is 3.14. The molecule has 0 N–H and O–H groups in total. The summed E-state index contributed by atoms with van der Waals surface area (Å²) < 4.78 is 18.8. The molecule has 3 rings (SSSR count). The summed E-state index contributed by atoms with van der Waals surface area (Å²) in [5, 5.41) is 12.8. The van der Waals surface area contributed by atoms with Crippen LogP contribution in [0.2, 0.25) is 0 Å². The number of hydrogen-bond donors (Lipinski definition) is 0. The van der Waals surface area contributed by atoms with E-state index >= 15 is 0 Å². The number of hydroxylamine groups is 1. The molecular formula is C22H27NO4. The van der Waals surface area contributed by atoms with Gasteiger partial charge >= 0.3 is 0 Å². The third kappa shape index (κ3) is 5.39. The lowest BCUT2D eigenvalue weighted by molar-refractivity contribution is -0.479. The van der Waals surface area contributed by atoms with Crippen LogP contribution in [0.5, 0.6) is 0 Å². The minimum absolute atomic E-state index is 0.273. The molecular weight excluding hydrogens is 342 g/mol. The van der Waals surface area contributed by atoms with Gasteiger partial charge in [-0.1, -0.05) is 60.7 Å². The summed E-state index contributed by atoms with van der Waals surface area (Å²) in [4.78, 5) is 0. The Hall–Kier alpha value is -2.21. The maximum absolute atomic E-state index is 12.8. The molecule has 0 unspecified atom stereocenters. The Kier molecular flexibility index (Phi) is 6.26. The zero-order valence-corrected chi connectivity index (χ0v) is 16.1. The van der Waals surface area contributed by atoms with Crippen molar-refractivity contribution in [2.24, 2.45) is 0 Å². The van der Waals surface area contributed by atoms with Gasteiger partial charge in [-0.15, -0.1) is 0 Å². The standard InChI is InChI=1S/C22H27NO4/c1-17(23(24)14-18-10-6-4-7-11-18)21(20-16-26-22(2,3)27-20)25-15-19-12-8-5-9-13-19/h4-13,20-21H,14-16H2,1-3H3/b23-17-/t20-,21-/m0/s1. The van der Waals surface area contributed by atoms with Crippen LogP contribution < -0.4 is 0 Å². The summed E-state index contributed by atoms with van der Waals surface area (Å²) in [6.45, 7) is 6.62. The van der Waals surface area contributed by atoms with Crippen LogP contribution in [-0.2, 0) is 27.4 Å². The van der Waals surface area contributed by atoms with E-state index in [-0.39, 0.29) is 12.6 Å². The summed E-state index contributed by atoms with van der Waals surface area (Å²) in [7, 11) is 0. The summed E-state index contributed by atoms with van der Waals surface area (Å²) >= 11 is 0. The van der Waals surface area contributed by atoms with E-state index in [9.17, 15) is 5.21 Å². The Labute approximate surface area is 160 Å². The van der Waals surface area contributed by atoms with Crippen LogP contribution in [0, 0.1) is 5.21 Å². The van der Waals surface area contributed by atoms with E-state index in [1.807, 2.05) is 74.5 Å². The highest BCUT2D eigenvalue weighted by Gasteiger charge is 2.41. The van der Waals surface area contributed by atoms with Gasteiger partial charge in [0, 0.05) is 12.5 Å². The predicted octanol–water partition coefficient (Wildman–Crippen LogP) is 3.89. The zero-order valence-electron chi connectivity index (χ0n) is 16.1. The van der Waals surface area contributed by atoms with Gasteiger partial charge in [-0.25, -0.2) is 4.74 Å². The Bertz CT molecular complexity index is 758. The van der Waals surface area contributed by atoms with E-state index in [0.717, 1.165) is 15.9 Å². The van der Waals surface area contributed by atoms with Gasteiger partial charge in [0.1, 0.15) is 6.10 Å². The van der Waals surface area contributed by atoms with Crippen LogP contribution in [0.25, 0.3) is 0 Å². The van der Waals surface area contributed by atoms with Crippen LogP contribution in [0.3, 0.4) is 0 Å². The Morgan fingerprint density at radius 2 is 1.70 bits per heavy atom. The first kappa shape index (κ1) is 19.5. The van der Waals surface area contributed by atoms with Crippen molar-refractivity contribution >= 4 is 5.71 Å². The van der Waals surface area contributed by atoms with Crippen molar-refractivity contribution in [3.05, 3.63) is 77.0 Å². The van der Waals surface area contributed by atoms with Crippen LogP contribution >= 0.6 is 0 Å². The second-order valence-corrected chi connectivity index (χ2v) is 7.25. The molecule has 5 nitrogen and oxygen atoms in total. The molecule has 2 aromatic carbocycles. The lowest BCUT2D eigenvalue weighted by Crippen LogP contribution is -2.41. The minimum atomic E-state index is -0.674. The summed E-state index contributed by atoms with van der Waals surface area (Å²) in [6, 6.07) is 19.6. The molecule has 2 atom stereocenters. The first-order chi connectivity index (χ1) is 12.9. The Morgan fingerprint density at radius 3 is 2.26 bits per heavy atom. The highest BCUT2D eigenvalue weighted by Crippen LogP contribution is 2.26. The van der Waals surface area contributed by atoms with Gasteiger partial charge < -0.3 is 19.4 Å². The van der Waals surface area contributed by atoms with E-state index in [1.165, 1.54) is 0 Å². The normalized spacial score (nSPS) is 20.9. The van der Waals surface area contributed by atoms with Crippen molar-refractivity contribution in [1.82, 2.24) is 0 Å². The summed E-state index contributed by atoms with van der Waals surface area (Å²) in [5.41, 5.74) is 2.59. The fourth-order valence-corrected chi connectivity index (χ4v) is 3.14. The van der Waals surface area contributed by atoms with E-state index in [0.29, 0.717) is 18.9 Å².